The van der Waals surface area contributed by atoms with Gasteiger partial charge in [0.2, 0.25) is 0 Å². The van der Waals surface area contributed by atoms with Crippen LogP contribution in [0, 0.1) is 10.1 Å². The minimum atomic E-state index is -2.98. The highest BCUT2D eigenvalue weighted by Crippen LogP contribution is 2.35. The standard InChI is InChI=1S/C15H13N3O4S/c1-2-23(22)16-14-9-8-12(18(20)21)10-13(14)15(19)17(23)11-6-4-3-5-7-11/h3-10H,2H2,1H3. The van der Waals surface area contributed by atoms with Crippen molar-refractivity contribution in [3.63, 3.8) is 0 Å². The maximum atomic E-state index is 13.1. The van der Waals surface area contributed by atoms with Crippen molar-refractivity contribution in [2.75, 3.05) is 10.1 Å². The van der Waals surface area contributed by atoms with E-state index in [2.05, 4.69) is 4.36 Å². The molecule has 0 aliphatic carbocycles. The van der Waals surface area contributed by atoms with E-state index in [-0.39, 0.29) is 22.7 Å². The highest BCUT2D eigenvalue weighted by molar-refractivity contribution is 7.96. The van der Waals surface area contributed by atoms with E-state index >= 15 is 0 Å². The minimum Gasteiger partial charge on any atom is -0.268 e. The number of anilines is 1. The molecule has 0 aromatic heterocycles. The monoisotopic (exact) mass is 331 g/mol. The highest BCUT2D eigenvalue weighted by atomic mass is 32.2. The second-order valence-corrected chi connectivity index (χ2v) is 7.22. The molecule has 1 heterocycles. The van der Waals surface area contributed by atoms with Crippen molar-refractivity contribution in [1.29, 1.82) is 0 Å². The van der Waals surface area contributed by atoms with E-state index in [1.165, 1.54) is 18.2 Å². The quantitative estimate of drug-likeness (QED) is 0.637. The van der Waals surface area contributed by atoms with Crippen LogP contribution in [-0.4, -0.2) is 20.8 Å². The summed E-state index contributed by atoms with van der Waals surface area (Å²) in [6.07, 6.45) is 0. The van der Waals surface area contributed by atoms with Crippen LogP contribution in [0.2, 0.25) is 0 Å². The van der Waals surface area contributed by atoms with Crippen LogP contribution in [0.3, 0.4) is 0 Å². The molecule has 1 aliphatic heterocycles. The van der Waals surface area contributed by atoms with Crippen molar-refractivity contribution in [3.8, 4) is 0 Å². The number of nitro benzene ring substituents is 1. The number of hydrogen-bond donors (Lipinski definition) is 0. The average Bonchev–Trinajstić information content (AvgIpc) is 2.55. The first kappa shape index (κ1) is 15.2. The number of hydrogen-bond acceptors (Lipinski definition) is 5. The van der Waals surface area contributed by atoms with E-state index in [4.69, 9.17) is 0 Å². The molecular weight excluding hydrogens is 318 g/mol. The van der Waals surface area contributed by atoms with Gasteiger partial charge < -0.3 is 0 Å². The predicted octanol–water partition coefficient (Wildman–Crippen LogP) is 3.29. The molecule has 3 rings (SSSR count). The molecule has 0 radical (unpaired) electrons. The Morgan fingerprint density at radius 3 is 2.52 bits per heavy atom. The zero-order valence-electron chi connectivity index (χ0n) is 12.2. The van der Waals surface area contributed by atoms with Crippen LogP contribution in [0.15, 0.2) is 52.9 Å². The number of benzene rings is 2. The molecule has 23 heavy (non-hydrogen) atoms. The van der Waals surface area contributed by atoms with Crippen LogP contribution >= 0.6 is 0 Å². The van der Waals surface area contributed by atoms with Crippen LogP contribution in [0.5, 0.6) is 0 Å². The zero-order chi connectivity index (χ0) is 16.6. The summed E-state index contributed by atoms with van der Waals surface area (Å²) in [6, 6.07) is 12.3. The predicted molar refractivity (Wildman–Crippen MR) is 87.1 cm³/mol. The zero-order valence-corrected chi connectivity index (χ0v) is 13.0. The molecule has 2 aromatic rings. The smallest absolute Gasteiger partial charge is 0.268 e. The summed E-state index contributed by atoms with van der Waals surface area (Å²) in [4.78, 5) is 23.2. The molecule has 1 atom stereocenters. The number of fused-ring (bicyclic) bond motifs is 1. The van der Waals surface area contributed by atoms with E-state index in [0.29, 0.717) is 5.69 Å². The third-order valence-electron chi connectivity index (χ3n) is 3.50. The molecule has 0 N–H and O–H groups in total. The fraction of sp³-hybridized carbons (Fsp3) is 0.133. The van der Waals surface area contributed by atoms with Crippen LogP contribution in [0.4, 0.5) is 17.1 Å². The normalized spacial score (nSPS) is 19.9. The summed E-state index contributed by atoms with van der Waals surface area (Å²) in [5, 5.41) is 10.9. The number of nitro groups is 1. The summed E-state index contributed by atoms with van der Waals surface area (Å²) >= 11 is 0. The molecule has 1 aliphatic rings. The number of para-hydroxylation sites is 1. The number of carbonyl (C=O) groups is 1. The fourth-order valence-corrected chi connectivity index (χ4v) is 4.11. The van der Waals surface area contributed by atoms with Crippen molar-refractivity contribution < 1.29 is 13.9 Å². The number of non-ortho nitro benzene ring substituents is 1. The van der Waals surface area contributed by atoms with E-state index in [9.17, 15) is 19.1 Å². The molecule has 0 bridgehead atoms. The molecule has 0 saturated carbocycles. The van der Waals surface area contributed by atoms with Crippen LogP contribution in [0.1, 0.15) is 17.3 Å². The second kappa shape index (κ2) is 5.47. The van der Waals surface area contributed by atoms with Crippen molar-refractivity contribution in [1.82, 2.24) is 0 Å². The summed E-state index contributed by atoms with van der Waals surface area (Å²) in [5.41, 5.74) is 0.547. The number of amides is 1. The van der Waals surface area contributed by atoms with Gasteiger partial charge in [0.1, 0.15) is 9.92 Å². The van der Waals surface area contributed by atoms with Gasteiger partial charge in [0.25, 0.3) is 11.6 Å². The van der Waals surface area contributed by atoms with Gasteiger partial charge in [-0.3, -0.25) is 14.9 Å². The lowest BCUT2D eigenvalue weighted by Gasteiger charge is -2.29. The molecule has 1 amide bonds. The lowest BCUT2D eigenvalue weighted by molar-refractivity contribution is -0.384. The lowest BCUT2D eigenvalue weighted by atomic mass is 10.1. The first-order chi connectivity index (χ1) is 11.0. The van der Waals surface area contributed by atoms with Gasteiger partial charge in [-0.05, 0) is 18.2 Å². The first-order valence-electron chi connectivity index (χ1n) is 6.89. The Bertz CT molecular complexity index is 918. The van der Waals surface area contributed by atoms with Crippen LogP contribution < -0.4 is 4.31 Å². The third kappa shape index (κ3) is 2.46. The molecule has 118 valence electrons. The Morgan fingerprint density at radius 1 is 1.22 bits per heavy atom. The van der Waals surface area contributed by atoms with Gasteiger partial charge in [-0.15, -0.1) is 0 Å². The summed E-state index contributed by atoms with van der Waals surface area (Å²) in [7, 11) is -2.98. The Kier molecular flexibility index (Phi) is 3.61. The van der Waals surface area contributed by atoms with E-state index in [0.717, 1.165) is 4.31 Å². The van der Waals surface area contributed by atoms with Crippen molar-refractivity contribution >= 4 is 32.9 Å². The van der Waals surface area contributed by atoms with Crippen molar-refractivity contribution in [2.45, 2.75) is 6.92 Å². The summed E-state index contributed by atoms with van der Waals surface area (Å²) < 4.78 is 18.5. The Morgan fingerprint density at radius 2 is 1.91 bits per heavy atom. The van der Waals surface area contributed by atoms with Gasteiger partial charge in [-0.2, -0.15) is 4.36 Å². The lowest BCUT2D eigenvalue weighted by Crippen LogP contribution is -2.40. The van der Waals surface area contributed by atoms with E-state index in [1.54, 1.807) is 37.3 Å². The Balaban J connectivity index is 2.25. The molecule has 8 heteroatoms. The van der Waals surface area contributed by atoms with Gasteiger partial charge in [0, 0.05) is 17.9 Å². The first-order valence-corrected chi connectivity index (χ1v) is 8.53. The van der Waals surface area contributed by atoms with E-state index in [1.807, 2.05) is 0 Å². The van der Waals surface area contributed by atoms with Crippen molar-refractivity contribution in [3.05, 3.63) is 64.2 Å². The van der Waals surface area contributed by atoms with Crippen LogP contribution in [-0.2, 0) is 9.92 Å². The number of nitrogens with zero attached hydrogens (tertiary/aromatic N) is 3. The molecule has 2 aromatic carbocycles. The maximum absolute atomic E-state index is 13.1. The fourth-order valence-electron chi connectivity index (χ4n) is 2.36. The SMILES string of the molecule is CCS1(=O)=Nc2ccc([N+](=O)[O-])cc2C(=O)N1c1ccccc1. The Labute approximate surface area is 133 Å². The largest absolute Gasteiger partial charge is 0.273 e. The summed E-state index contributed by atoms with van der Waals surface area (Å²) in [6.45, 7) is 1.69. The van der Waals surface area contributed by atoms with Gasteiger partial charge in [-0.1, -0.05) is 25.1 Å². The average molecular weight is 331 g/mol. The summed E-state index contributed by atoms with van der Waals surface area (Å²) in [5.74, 6) is -0.388. The van der Waals surface area contributed by atoms with Gasteiger partial charge in [-0.25, -0.2) is 8.51 Å². The molecule has 0 saturated heterocycles. The second-order valence-electron chi connectivity index (χ2n) is 4.88. The number of rotatable bonds is 3. The highest BCUT2D eigenvalue weighted by Gasteiger charge is 2.34. The van der Waals surface area contributed by atoms with Gasteiger partial charge in [0.15, 0.2) is 0 Å². The number of carbonyl (C=O) groups excluding carboxylic acids is 1. The molecule has 1 unspecified atom stereocenters. The molecule has 0 spiro atoms. The maximum Gasteiger partial charge on any atom is 0.273 e. The van der Waals surface area contributed by atoms with Gasteiger partial charge >= 0.3 is 0 Å². The molecule has 0 fully saturated rings. The molecule has 7 nitrogen and oxygen atoms in total. The van der Waals surface area contributed by atoms with Gasteiger partial charge in [0.05, 0.1) is 21.9 Å². The topological polar surface area (TPSA) is 92.9 Å². The molecular formula is C15H13N3O4S. The van der Waals surface area contributed by atoms with Crippen LogP contribution in [0.25, 0.3) is 0 Å². The van der Waals surface area contributed by atoms with E-state index < -0.39 is 20.7 Å². The third-order valence-corrected chi connectivity index (χ3v) is 5.68. The van der Waals surface area contributed by atoms with Crippen molar-refractivity contribution in [2.24, 2.45) is 4.36 Å². The Hall–Kier alpha value is -2.74. The minimum absolute atomic E-state index is 0.0791.